The molecule has 6 heterocycles. The Morgan fingerprint density at radius 1 is 0.545 bits per heavy atom. The van der Waals surface area contributed by atoms with Gasteiger partial charge in [0.2, 0.25) is 5.91 Å². The SMILES string of the molecule is CN1CC2(C1)C(=O)N(Cc1c(F)cc(-c3ccc4nn(C)cc4c3)cc1F)c1ccccc12.CN1CCC12C(=O)N(Cc1c(F)cc(-c3ccc4nn(C)cc4c3)cc1F)c1ccccc12. The molecule has 1 atom stereocenters. The first-order valence-corrected chi connectivity index (χ1v) is 21.8. The van der Waals surface area contributed by atoms with Crippen LogP contribution in [-0.4, -0.2) is 74.9 Å². The molecule has 10 nitrogen and oxygen atoms in total. The van der Waals surface area contributed by atoms with Gasteiger partial charge in [0.15, 0.2) is 0 Å². The molecular weight excluding hydrogens is 845 g/mol. The predicted octanol–water partition coefficient (Wildman–Crippen LogP) is 8.84. The van der Waals surface area contributed by atoms with Crippen LogP contribution in [0.5, 0.6) is 0 Å². The van der Waals surface area contributed by atoms with Crippen LogP contribution in [0.4, 0.5) is 28.9 Å². The number of rotatable bonds is 6. The smallest absolute Gasteiger partial charge is 0.252 e. The van der Waals surface area contributed by atoms with Crippen LogP contribution in [0.2, 0.25) is 0 Å². The van der Waals surface area contributed by atoms with Gasteiger partial charge in [0, 0.05) is 85.0 Å². The molecule has 0 N–H and O–H groups in total. The van der Waals surface area contributed by atoms with Crippen molar-refractivity contribution >= 4 is 45.0 Å². The molecule has 6 aromatic carbocycles. The minimum Gasteiger partial charge on any atom is -0.307 e. The molecule has 4 aliphatic rings. The Morgan fingerprint density at radius 3 is 1.45 bits per heavy atom. The molecule has 4 aliphatic heterocycles. The van der Waals surface area contributed by atoms with Gasteiger partial charge in [-0.25, -0.2) is 17.6 Å². The molecule has 0 radical (unpaired) electrons. The van der Waals surface area contributed by atoms with E-state index < -0.39 is 34.2 Å². The number of nitrogens with zero attached hydrogens (tertiary/aromatic N) is 8. The molecular formula is C52H44F4N8O2. The molecule has 1 unspecified atom stereocenters. The second-order valence-electron chi connectivity index (χ2n) is 18.1. The Morgan fingerprint density at radius 2 is 1.00 bits per heavy atom. The number of fused-ring (bicyclic) bond motifs is 6. The van der Waals surface area contributed by atoms with E-state index in [1.165, 1.54) is 34.1 Å². The number of aromatic nitrogens is 4. The van der Waals surface area contributed by atoms with E-state index in [-0.39, 0.29) is 36.0 Å². The maximum absolute atomic E-state index is 15.2. The van der Waals surface area contributed by atoms with E-state index in [0.29, 0.717) is 41.8 Å². The van der Waals surface area contributed by atoms with Gasteiger partial charge in [0.1, 0.15) is 34.2 Å². The number of likely N-dealkylation sites (N-methyl/N-ethyl adjacent to an activating group) is 2. The second-order valence-corrected chi connectivity index (χ2v) is 18.1. The van der Waals surface area contributed by atoms with Crippen molar-refractivity contribution < 1.29 is 27.2 Å². The number of amides is 2. The molecule has 0 aliphatic carbocycles. The summed E-state index contributed by atoms with van der Waals surface area (Å²) in [4.78, 5) is 34.0. The first-order valence-electron chi connectivity index (χ1n) is 21.8. The Bertz CT molecular complexity index is 3280. The zero-order valence-electron chi connectivity index (χ0n) is 36.7. The molecule has 12 rings (SSSR count). The summed E-state index contributed by atoms with van der Waals surface area (Å²) in [6, 6.07) is 31.5. The number of carbonyl (C=O) groups excluding carboxylic acids is 2. The summed E-state index contributed by atoms with van der Waals surface area (Å²) in [5.41, 5.74) is 5.71. The zero-order valence-corrected chi connectivity index (χ0v) is 36.7. The topological polar surface area (TPSA) is 82.7 Å². The van der Waals surface area contributed by atoms with E-state index in [9.17, 15) is 9.59 Å². The fourth-order valence-electron chi connectivity index (χ4n) is 10.6. The highest BCUT2D eigenvalue weighted by molar-refractivity contribution is 6.09. The normalized spacial score (nSPS) is 18.5. The summed E-state index contributed by atoms with van der Waals surface area (Å²) >= 11 is 0. The van der Waals surface area contributed by atoms with Crippen molar-refractivity contribution in [2.24, 2.45) is 14.1 Å². The highest BCUT2D eigenvalue weighted by Crippen LogP contribution is 2.51. The molecule has 2 saturated heterocycles. The first-order chi connectivity index (χ1) is 31.7. The lowest BCUT2D eigenvalue weighted by molar-refractivity contribution is -0.137. The van der Waals surface area contributed by atoms with Crippen LogP contribution in [0.15, 0.2) is 122 Å². The van der Waals surface area contributed by atoms with Crippen LogP contribution in [0, 0.1) is 23.3 Å². The third-order valence-corrected chi connectivity index (χ3v) is 14.0. The number of hydrogen-bond donors (Lipinski definition) is 0. The van der Waals surface area contributed by atoms with E-state index in [4.69, 9.17) is 0 Å². The average molecular weight is 889 g/mol. The van der Waals surface area contributed by atoms with Gasteiger partial charge in [-0.2, -0.15) is 10.2 Å². The van der Waals surface area contributed by atoms with Crippen LogP contribution in [-0.2, 0) is 47.7 Å². The van der Waals surface area contributed by atoms with Crippen molar-refractivity contribution in [3.05, 3.63) is 167 Å². The van der Waals surface area contributed by atoms with Crippen molar-refractivity contribution in [2.45, 2.75) is 30.5 Å². The van der Waals surface area contributed by atoms with Crippen LogP contribution in [0.3, 0.4) is 0 Å². The Hall–Kier alpha value is -7.16. The number of carbonyl (C=O) groups is 2. The van der Waals surface area contributed by atoms with Gasteiger partial charge in [-0.05, 0) is 109 Å². The first kappa shape index (κ1) is 41.5. The van der Waals surface area contributed by atoms with Crippen LogP contribution in [0.1, 0.15) is 28.7 Å². The summed E-state index contributed by atoms with van der Waals surface area (Å²) in [5, 5.41) is 10.5. The molecule has 2 aromatic heterocycles. The number of likely N-dealkylation sites (tertiary alicyclic amines) is 2. The van der Waals surface area contributed by atoms with Gasteiger partial charge in [-0.3, -0.25) is 23.9 Å². The third-order valence-electron chi connectivity index (χ3n) is 14.0. The largest absolute Gasteiger partial charge is 0.307 e. The summed E-state index contributed by atoms with van der Waals surface area (Å²) in [6.45, 7) is 1.75. The number of para-hydroxylation sites is 2. The predicted molar refractivity (Wildman–Crippen MR) is 245 cm³/mol. The lowest BCUT2D eigenvalue weighted by atomic mass is 9.75. The van der Waals surface area contributed by atoms with Crippen molar-refractivity contribution in [3.8, 4) is 22.3 Å². The number of hydrogen-bond acceptors (Lipinski definition) is 6. The molecule has 2 fully saturated rings. The lowest BCUT2D eigenvalue weighted by Crippen LogP contribution is -2.62. The number of aryl methyl sites for hydroxylation is 2. The molecule has 14 heteroatoms. The lowest BCUT2D eigenvalue weighted by Gasteiger charge is -2.47. The Labute approximate surface area is 377 Å². The maximum atomic E-state index is 15.2. The van der Waals surface area contributed by atoms with Gasteiger partial charge in [-0.15, -0.1) is 0 Å². The van der Waals surface area contributed by atoms with Gasteiger partial charge in [-0.1, -0.05) is 48.5 Å². The quantitative estimate of drug-likeness (QED) is 0.155. The van der Waals surface area contributed by atoms with Gasteiger partial charge in [0.05, 0.1) is 24.1 Å². The van der Waals surface area contributed by atoms with Crippen molar-refractivity contribution in [1.29, 1.82) is 0 Å². The number of halogens is 4. The second kappa shape index (κ2) is 15.2. The number of anilines is 2. The molecule has 2 spiro atoms. The van der Waals surface area contributed by atoms with Gasteiger partial charge >= 0.3 is 0 Å². The van der Waals surface area contributed by atoms with Crippen LogP contribution in [0.25, 0.3) is 44.1 Å². The molecule has 332 valence electrons. The van der Waals surface area contributed by atoms with Gasteiger partial charge in [0.25, 0.3) is 5.91 Å². The fourth-order valence-corrected chi connectivity index (χ4v) is 10.6. The van der Waals surface area contributed by atoms with E-state index in [0.717, 1.165) is 50.9 Å². The zero-order chi connectivity index (χ0) is 45.8. The average Bonchev–Trinajstić information content (AvgIpc) is 3.99. The standard InChI is InChI=1S/2C26H22F2N4O/c1-30-14-26(15-30)20-5-3-4-6-24(20)32(25(26)33)13-19-21(27)10-17(11-22(19)28)16-7-8-23-18(9-16)12-31(2)29-23;1-30-10-9-26(30)20-5-3-4-6-24(20)32(25(26)33)15-19-21(27)12-17(13-22(19)28)16-7-8-23-18(11-16)14-31(2)29-23/h3-12H,13-15H2,1-2H3;3-8,11-14H,9-10,15H2,1-2H3. The fraction of sp³-hybridized carbons (Fsp3) is 0.231. The van der Waals surface area contributed by atoms with Crippen LogP contribution < -0.4 is 9.80 Å². The highest BCUT2D eigenvalue weighted by Gasteiger charge is 2.59. The highest BCUT2D eigenvalue weighted by atomic mass is 19.1. The summed E-state index contributed by atoms with van der Waals surface area (Å²) in [6.07, 6.45) is 4.43. The molecule has 2 amide bonds. The van der Waals surface area contributed by atoms with E-state index in [2.05, 4.69) is 15.1 Å². The van der Waals surface area contributed by atoms with Crippen molar-refractivity contribution in [1.82, 2.24) is 29.4 Å². The minimum absolute atomic E-state index is 0.0910. The van der Waals surface area contributed by atoms with Crippen LogP contribution >= 0.6 is 0 Å². The Kier molecular flexibility index (Phi) is 9.57. The van der Waals surface area contributed by atoms with Crippen molar-refractivity contribution in [3.63, 3.8) is 0 Å². The monoisotopic (exact) mass is 888 g/mol. The summed E-state index contributed by atoms with van der Waals surface area (Å²) in [5.74, 6) is -2.86. The van der Waals surface area contributed by atoms with Crippen molar-refractivity contribution in [2.75, 3.05) is 43.5 Å². The summed E-state index contributed by atoms with van der Waals surface area (Å²) < 4.78 is 64.3. The maximum Gasteiger partial charge on any atom is 0.252 e. The van der Waals surface area contributed by atoms with Gasteiger partial charge < -0.3 is 14.7 Å². The Balaban J connectivity index is 0.000000146. The minimum atomic E-state index is -0.720. The molecule has 0 bridgehead atoms. The van der Waals surface area contributed by atoms with E-state index in [1.807, 2.05) is 118 Å². The van der Waals surface area contributed by atoms with E-state index in [1.54, 1.807) is 21.5 Å². The summed E-state index contributed by atoms with van der Waals surface area (Å²) in [7, 11) is 7.54. The molecule has 8 aromatic rings. The molecule has 66 heavy (non-hydrogen) atoms. The third kappa shape index (κ3) is 6.37. The number of benzene rings is 6. The molecule has 0 saturated carbocycles. The van der Waals surface area contributed by atoms with E-state index >= 15 is 17.6 Å².